The average molecular weight is 873 g/mol. The van der Waals surface area contributed by atoms with Crippen LogP contribution in [0.15, 0.2) is 36.4 Å². The lowest BCUT2D eigenvalue weighted by Gasteiger charge is -2.54. The average Bonchev–Trinajstić information content (AvgIpc) is 3.58. The van der Waals surface area contributed by atoms with E-state index in [1.807, 2.05) is 48.5 Å². The summed E-state index contributed by atoms with van der Waals surface area (Å²) in [6.45, 7) is 19.4. The molecule has 5 aliphatic rings. The topological polar surface area (TPSA) is 167 Å². The summed E-state index contributed by atoms with van der Waals surface area (Å²) in [7, 11) is 0. The van der Waals surface area contributed by atoms with Gasteiger partial charge in [0.15, 0.2) is 11.9 Å². The zero-order valence-electron chi connectivity index (χ0n) is 38.5. The van der Waals surface area contributed by atoms with Gasteiger partial charge in [-0.25, -0.2) is 9.18 Å². The fraction of sp³-hybridized carbons (Fsp3) is 0.776. The van der Waals surface area contributed by atoms with E-state index < -0.39 is 107 Å². The van der Waals surface area contributed by atoms with Gasteiger partial charge in [-0.1, -0.05) is 55.4 Å². The number of ketones is 1. The monoisotopic (exact) mass is 873 g/mol. The van der Waals surface area contributed by atoms with Gasteiger partial charge in [0.25, 0.3) is 0 Å². The van der Waals surface area contributed by atoms with Crippen molar-refractivity contribution in [2.45, 2.75) is 199 Å². The minimum Gasteiger partial charge on any atom is -0.481 e. The van der Waals surface area contributed by atoms with E-state index in [0.717, 1.165) is 6.42 Å². The zero-order chi connectivity index (χ0) is 45.5. The molecule has 0 aromatic heterocycles. The molecule has 5 aliphatic heterocycles. The maximum Gasteiger partial charge on any atom is 0.338 e. The van der Waals surface area contributed by atoms with Gasteiger partial charge >= 0.3 is 11.9 Å². The number of carboxylic acid groups (broad SMARTS) is 1. The molecule has 4 saturated heterocycles. The van der Waals surface area contributed by atoms with E-state index in [0.29, 0.717) is 57.8 Å². The predicted molar refractivity (Wildman–Crippen MR) is 228 cm³/mol. The summed E-state index contributed by atoms with van der Waals surface area (Å²) in [5.74, 6) is -7.76. The lowest BCUT2D eigenvalue weighted by Crippen LogP contribution is -2.63. The third-order valence-corrected chi connectivity index (χ3v) is 15.7. The SMILES string of the molecule is CC[C@@H](C(=O)[C@@H](C)[C@@H](O)[C@H](C)[C@@H]1O[C@@H]([C@@H](CC)C(=O)O)CC[C@@H]1C)[C@H]1O[C@]2(C=C[C@@H](OC(=O)c3ccc(F)cc3)[C@]3(CC[C@@](C)([C@H]4CC[C@](O)(CC)[C@H](C)O4)O3)O2)[C@H](C)C[C@@H]1C. The lowest BCUT2D eigenvalue weighted by atomic mass is 9.72. The van der Waals surface area contributed by atoms with E-state index in [2.05, 4.69) is 13.8 Å². The number of hydrogen-bond donors (Lipinski definition) is 3. The van der Waals surface area contributed by atoms with Gasteiger partial charge in [0.05, 0.1) is 59.3 Å². The Morgan fingerprint density at radius 3 is 2.18 bits per heavy atom. The summed E-state index contributed by atoms with van der Waals surface area (Å²) in [5.41, 5.74) is -1.68. The van der Waals surface area contributed by atoms with E-state index >= 15 is 0 Å². The highest BCUT2D eigenvalue weighted by atomic mass is 19.1. The number of hydrogen-bond acceptors (Lipinski definition) is 11. The van der Waals surface area contributed by atoms with Crippen molar-refractivity contribution in [3.8, 4) is 0 Å². The molecule has 0 aliphatic carbocycles. The van der Waals surface area contributed by atoms with Crippen molar-refractivity contribution in [2.75, 3.05) is 0 Å². The molecule has 1 aromatic rings. The smallest absolute Gasteiger partial charge is 0.338 e. The Labute approximate surface area is 367 Å². The van der Waals surface area contributed by atoms with Crippen LogP contribution in [-0.2, 0) is 38.0 Å². The molecule has 0 unspecified atom stereocenters. The second kappa shape index (κ2) is 19.0. The van der Waals surface area contributed by atoms with E-state index in [-0.39, 0.29) is 29.1 Å². The molecule has 5 heterocycles. The molecular weight excluding hydrogens is 800 g/mol. The summed E-state index contributed by atoms with van der Waals surface area (Å²) < 4.78 is 54.2. The van der Waals surface area contributed by atoms with E-state index in [1.165, 1.54) is 24.3 Å². The van der Waals surface area contributed by atoms with Crippen LogP contribution >= 0.6 is 0 Å². The predicted octanol–water partition coefficient (Wildman–Crippen LogP) is 8.19. The maximum atomic E-state index is 14.7. The molecule has 0 saturated carbocycles. The Hall–Kier alpha value is -2.78. The summed E-state index contributed by atoms with van der Waals surface area (Å²) in [5, 5.41) is 32.9. The third kappa shape index (κ3) is 9.33. The number of Topliss-reactive ketones (excluding diaryl/α,β-unsaturated/α-hetero) is 1. The molecule has 348 valence electrons. The number of carboxylic acids is 1. The normalized spacial score (nSPS) is 41.0. The van der Waals surface area contributed by atoms with Crippen LogP contribution in [0.5, 0.6) is 0 Å². The first-order valence-corrected chi connectivity index (χ1v) is 23.4. The molecule has 3 N–H and O–H groups in total. The van der Waals surface area contributed by atoms with Crippen molar-refractivity contribution < 1.29 is 62.5 Å². The zero-order valence-corrected chi connectivity index (χ0v) is 38.5. The number of ether oxygens (including phenoxy) is 6. The number of carbonyl (C=O) groups excluding carboxylic acids is 2. The maximum absolute atomic E-state index is 14.7. The Balaban J connectivity index is 1.25. The molecule has 0 bridgehead atoms. The molecule has 12 nitrogen and oxygen atoms in total. The molecule has 0 amide bonds. The minimum absolute atomic E-state index is 0.0677. The molecule has 13 heteroatoms. The Bertz CT molecular complexity index is 1770. The van der Waals surface area contributed by atoms with Crippen molar-refractivity contribution in [1.82, 2.24) is 0 Å². The molecule has 62 heavy (non-hydrogen) atoms. The first-order valence-electron chi connectivity index (χ1n) is 23.4. The largest absolute Gasteiger partial charge is 0.481 e. The second-order valence-corrected chi connectivity index (χ2v) is 19.8. The van der Waals surface area contributed by atoms with E-state index in [1.54, 1.807) is 19.1 Å². The van der Waals surface area contributed by atoms with Crippen LogP contribution < -0.4 is 0 Å². The number of aliphatic hydroxyl groups excluding tert-OH is 1. The molecule has 2 spiro atoms. The number of carbonyl (C=O) groups is 3. The van der Waals surface area contributed by atoms with Crippen LogP contribution in [0.25, 0.3) is 0 Å². The highest BCUT2D eigenvalue weighted by Crippen LogP contribution is 2.55. The van der Waals surface area contributed by atoms with Gasteiger partial charge in [-0.2, -0.15) is 0 Å². The molecule has 4 fully saturated rings. The standard InChI is InChI=1S/C49H73FO12/c1-11-35(44(53)54)37-19-14-27(4)42(58-37)31(8)40(51)30(7)41(52)36(12-2)43-28(5)26-29(6)48(60-43)23-21-39(59-45(55)33-15-17-34(50)18-16-33)49(62-48)25-24-46(10,61-49)38-20-22-47(56,13-3)32(9)57-38/h15-18,21,23,27-32,35-40,42-43,51,56H,11-14,19-20,22,24-26H2,1-10H3,(H,53,54)/t27-,28-,29+,30-,31-,32-,35+,36-,37+,38+,39+,40+,42+,43-,46-,47+,48-,49-/m0/s1. The number of rotatable bonds is 14. The van der Waals surface area contributed by atoms with Gasteiger partial charge in [0.2, 0.25) is 5.79 Å². The van der Waals surface area contributed by atoms with Gasteiger partial charge in [-0.3, -0.25) is 9.59 Å². The van der Waals surface area contributed by atoms with Crippen LogP contribution in [0.4, 0.5) is 4.39 Å². The Morgan fingerprint density at radius 1 is 0.887 bits per heavy atom. The van der Waals surface area contributed by atoms with Crippen molar-refractivity contribution in [1.29, 1.82) is 0 Å². The van der Waals surface area contributed by atoms with Crippen LogP contribution in [0.1, 0.15) is 144 Å². The third-order valence-electron chi connectivity index (χ3n) is 15.7. The van der Waals surface area contributed by atoms with Crippen LogP contribution in [0, 0.1) is 47.2 Å². The van der Waals surface area contributed by atoms with Crippen molar-refractivity contribution in [3.63, 3.8) is 0 Å². The Morgan fingerprint density at radius 2 is 1.56 bits per heavy atom. The first-order chi connectivity index (χ1) is 29.2. The highest BCUT2D eigenvalue weighted by Gasteiger charge is 2.64. The Kier molecular flexibility index (Phi) is 14.9. The summed E-state index contributed by atoms with van der Waals surface area (Å²) >= 11 is 0. The molecule has 18 atom stereocenters. The van der Waals surface area contributed by atoms with Gasteiger partial charge in [-0.05, 0) is 120 Å². The minimum atomic E-state index is -1.53. The van der Waals surface area contributed by atoms with Gasteiger partial charge < -0.3 is 43.7 Å². The number of halogens is 1. The lowest BCUT2D eigenvalue weighted by molar-refractivity contribution is -0.408. The highest BCUT2D eigenvalue weighted by molar-refractivity contribution is 5.89. The van der Waals surface area contributed by atoms with Crippen molar-refractivity contribution in [2.24, 2.45) is 41.4 Å². The quantitative estimate of drug-likeness (QED) is 0.121. The number of aliphatic carboxylic acids is 1. The molecular formula is C49H73FO12. The van der Waals surface area contributed by atoms with Crippen LogP contribution in [0.2, 0.25) is 0 Å². The van der Waals surface area contributed by atoms with Crippen molar-refractivity contribution in [3.05, 3.63) is 47.8 Å². The van der Waals surface area contributed by atoms with Gasteiger partial charge in [-0.15, -0.1) is 0 Å². The van der Waals surface area contributed by atoms with Gasteiger partial charge in [0.1, 0.15) is 11.6 Å². The fourth-order valence-corrected chi connectivity index (χ4v) is 11.4. The molecule has 6 rings (SSSR count). The van der Waals surface area contributed by atoms with Gasteiger partial charge in [0, 0.05) is 30.1 Å². The summed E-state index contributed by atoms with van der Waals surface area (Å²) in [6, 6.07) is 5.13. The van der Waals surface area contributed by atoms with Crippen LogP contribution in [-0.4, -0.2) is 98.5 Å². The fourth-order valence-electron chi connectivity index (χ4n) is 11.4. The van der Waals surface area contributed by atoms with Crippen LogP contribution in [0.3, 0.4) is 0 Å². The first kappa shape index (κ1) is 48.7. The second-order valence-electron chi connectivity index (χ2n) is 19.8. The molecule has 1 aromatic carbocycles. The van der Waals surface area contributed by atoms with Crippen molar-refractivity contribution >= 4 is 17.7 Å². The number of aliphatic hydroxyl groups is 2. The summed E-state index contributed by atoms with van der Waals surface area (Å²) in [6.07, 6.45) is 4.49. The molecule has 0 radical (unpaired) electrons. The number of esters is 1. The number of benzene rings is 1. The van der Waals surface area contributed by atoms with E-state index in [9.17, 15) is 34.1 Å². The van der Waals surface area contributed by atoms with E-state index in [4.69, 9.17) is 28.4 Å². The summed E-state index contributed by atoms with van der Waals surface area (Å²) in [4.78, 5) is 40.3.